The lowest BCUT2D eigenvalue weighted by Gasteiger charge is -2.07. The molecule has 70 valence electrons. The quantitative estimate of drug-likeness (QED) is 0.609. The van der Waals surface area contributed by atoms with Crippen molar-refractivity contribution in [2.24, 2.45) is 0 Å². The van der Waals surface area contributed by atoms with Crippen molar-refractivity contribution in [2.45, 2.75) is 6.42 Å². The summed E-state index contributed by atoms with van der Waals surface area (Å²) < 4.78 is 0. The molecule has 0 fully saturated rings. The van der Waals surface area contributed by atoms with Crippen LogP contribution in [0.1, 0.15) is 12.0 Å². The molecule has 1 rings (SSSR count). The Bertz CT molecular complexity index is 389. The van der Waals surface area contributed by atoms with Gasteiger partial charge in [0.05, 0.1) is 18.1 Å². The lowest BCUT2D eigenvalue weighted by Crippen LogP contribution is -2.12. The Balaban J connectivity index is 2.76. The lowest BCUT2D eigenvalue weighted by molar-refractivity contribution is 0.995. The van der Waals surface area contributed by atoms with Gasteiger partial charge < -0.3 is 4.90 Å². The van der Waals surface area contributed by atoms with Gasteiger partial charge in [-0.3, -0.25) is 0 Å². The molecule has 0 spiro atoms. The molecule has 0 aliphatic rings. The Kier molecular flexibility index (Phi) is 3.46. The van der Waals surface area contributed by atoms with E-state index in [1.165, 1.54) is 0 Å². The number of aromatic nitrogens is 2. The Morgan fingerprint density at radius 2 is 2.00 bits per heavy atom. The van der Waals surface area contributed by atoms with Gasteiger partial charge in [-0.1, -0.05) is 11.8 Å². The number of anilines is 1. The first-order valence-electron chi connectivity index (χ1n) is 4.09. The van der Waals surface area contributed by atoms with Crippen LogP contribution in [0.2, 0.25) is 0 Å². The normalized spacial score (nSPS) is 8.36. The Labute approximate surface area is 83.2 Å². The largest absolute Gasteiger partial charge is 0.347 e. The van der Waals surface area contributed by atoms with Crippen LogP contribution in [0.4, 0.5) is 5.95 Å². The summed E-state index contributed by atoms with van der Waals surface area (Å²) in [6.07, 6.45) is 3.52. The summed E-state index contributed by atoms with van der Waals surface area (Å²) in [6, 6.07) is 1.94. The van der Waals surface area contributed by atoms with E-state index in [1.807, 2.05) is 25.1 Å². The molecule has 0 saturated carbocycles. The molecule has 4 nitrogen and oxygen atoms in total. The molecule has 14 heavy (non-hydrogen) atoms. The smallest absolute Gasteiger partial charge is 0.224 e. The number of nitriles is 1. The highest BCUT2D eigenvalue weighted by Crippen LogP contribution is 2.01. The maximum Gasteiger partial charge on any atom is 0.224 e. The van der Waals surface area contributed by atoms with Crippen molar-refractivity contribution in [1.82, 2.24) is 9.97 Å². The molecule has 0 N–H and O–H groups in total. The third-order valence-electron chi connectivity index (χ3n) is 1.44. The predicted octanol–water partition coefficient (Wildman–Crippen LogP) is 0.808. The van der Waals surface area contributed by atoms with Crippen molar-refractivity contribution in [3.05, 3.63) is 18.0 Å². The van der Waals surface area contributed by atoms with Crippen LogP contribution in [0.15, 0.2) is 12.4 Å². The van der Waals surface area contributed by atoms with E-state index < -0.39 is 0 Å². The van der Waals surface area contributed by atoms with E-state index in [4.69, 9.17) is 5.26 Å². The highest BCUT2D eigenvalue weighted by Gasteiger charge is 1.96. The molecule has 1 aromatic heterocycles. The maximum absolute atomic E-state index is 8.27. The van der Waals surface area contributed by atoms with Gasteiger partial charge in [-0.2, -0.15) is 5.26 Å². The Morgan fingerprint density at radius 3 is 2.50 bits per heavy atom. The van der Waals surface area contributed by atoms with Gasteiger partial charge in [0.1, 0.15) is 0 Å². The van der Waals surface area contributed by atoms with Crippen molar-refractivity contribution in [3.8, 4) is 17.9 Å². The van der Waals surface area contributed by atoms with Crippen molar-refractivity contribution < 1.29 is 0 Å². The van der Waals surface area contributed by atoms with E-state index >= 15 is 0 Å². The fourth-order valence-electron chi connectivity index (χ4n) is 0.802. The second kappa shape index (κ2) is 4.84. The zero-order chi connectivity index (χ0) is 10.4. The second-order valence-electron chi connectivity index (χ2n) is 2.80. The van der Waals surface area contributed by atoms with Gasteiger partial charge >= 0.3 is 0 Å². The topological polar surface area (TPSA) is 52.8 Å². The summed E-state index contributed by atoms with van der Waals surface area (Å²) in [7, 11) is 3.74. The minimum absolute atomic E-state index is 0.232. The average molecular weight is 186 g/mol. The predicted molar refractivity (Wildman–Crippen MR) is 53.5 cm³/mol. The number of hydrogen-bond donors (Lipinski definition) is 0. The first-order valence-corrected chi connectivity index (χ1v) is 4.09. The van der Waals surface area contributed by atoms with E-state index in [0.717, 1.165) is 5.56 Å². The highest BCUT2D eigenvalue weighted by molar-refractivity contribution is 5.34. The summed E-state index contributed by atoms with van der Waals surface area (Å²) in [6.45, 7) is 0. The van der Waals surface area contributed by atoms with E-state index in [0.29, 0.717) is 5.95 Å². The Hall–Kier alpha value is -2.07. The molecule has 1 aromatic rings. The first-order chi connectivity index (χ1) is 6.74. The van der Waals surface area contributed by atoms with Crippen LogP contribution in [0, 0.1) is 23.2 Å². The van der Waals surface area contributed by atoms with E-state index in [-0.39, 0.29) is 6.42 Å². The van der Waals surface area contributed by atoms with Crippen LogP contribution in [0.3, 0.4) is 0 Å². The molecule has 0 aromatic carbocycles. The van der Waals surface area contributed by atoms with Gasteiger partial charge in [0, 0.05) is 26.5 Å². The average Bonchev–Trinajstić information content (AvgIpc) is 2.19. The monoisotopic (exact) mass is 186 g/mol. The molecule has 4 heteroatoms. The second-order valence-corrected chi connectivity index (χ2v) is 2.80. The summed E-state index contributed by atoms with van der Waals surface area (Å²) in [5, 5.41) is 8.27. The van der Waals surface area contributed by atoms with Gasteiger partial charge in [-0.15, -0.1) is 0 Å². The maximum atomic E-state index is 8.27. The van der Waals surface area contributed by atoms with Crippen LogP contribution in [0.25, 0.3) is 0 Å². The molecule has 0 aliphatic carbocycles. The minimum Gasteiger partial charge on any atom is -0.347 e. The summed E-state index contributed by atoms with van der Waals surface area (Å²) in [5.41, 5.74) is 0.728. The first kappa shape index (κ1) is 10.0. The zero-order valence-electron chi connectivity index (χ0n) is 8.15. The molecule has 0 atom stereocenters. The third kappa shape index (κ3) is 2.76. The number of nitrogens with zero attached hydrogens (tertiary/aromatic N) is 4. The lowest BCUT2D eigenvalue weighted by atomic mass is 10.3. The molecule has 0 saturated heterocycles. The van der Waals surface area contributed by atoms with Gasteiger partial charge in [0.25, 0.3) is 0 Å². The Morgan fingerprint density at radius 1 is 1.36 bits per heavy atom. The summed E-state index contributed by atoms with van der Waals surface area (Å²) in [5.74, 6) is 6.14. The summed E-state index contributed by atoms with van der Waals surface area (Å²) >= 11 is 0. The molecule has 0 radical (unpaired) electrons. The van der Waals surface area contributed by atoms with E-state index in [9.17, 15) is 0 Å². The molecular weight excluding hydrogens is 176 g/mol. The number of rotatable bonds is 1. The highest BCUT2D eigenvalue weighted by atomic mass is 15.2. The SMILES string of the molecule is CN(C)c1ncc(C#CCC#N)cn1. The van der Waals surface area contributed by atoms with Crippen molar-refractivity contribution in [1.29, 1.82) is 5.26 Å². The van der Waals surface area contributed by atoms with Crippen LogP contribution < -0.4 is 4.90 Å². The molecule has 0 amide bonds. The van der Waals surface area contributed by atoms with Crippen molar-refractivity contribution in [2.75, 3.05) is 19.0 Å². The van der Waals surface area contributed by atoms with E-state index in [2.05, 4.69) is 21.8 Å². The van der Waals surface area contributed by atoms with Crippen LogP contribution in [-0.4, -0.2) is 24.1 Å². The van der Waals surface area contributed by atoms with Crippen LogP contribution >= 0.6 is 0 Å². The molecule has 0 bridgehead atoms. The van der Waals surface area contributed by atoms with Gasteiger partial charge in [0.2, 0.25) is 5.95 Å². The van der Waals surface area contributed by atoms with Crippen LogP contribution in [0.5, 0.6) is 0 Å². The summed E-state index contributed by atoms with van der Waals surface area (Å²) in [4.78, 5) is 9.98. The molecular formula is C10H10N4. The van der Waals surface area contributed by atoms with Gasteiger partial charge in [0.15, 0.2) is 0 Å². The number of hydrogen-bond acceptors (Lipinski definition) is 4. The van der Waals surface area contributed by atoms with Gasteiger partial charge in [-0.05, 0) is 0 Å². The van der Waals surface area contributed by atoms with E-state index in [1.54, 1.807) is 12.4 Å². The van der Waals surface area contributed by atoms with Crippen molar-refractivity contribution in [3.63, 3.8) is 0 Å². The fraction of sp³-hybridized carbons (Fsp3) is 0.300. The molecule has 0 aliphatic heterocycles. The van der Waals surface area contributed by atoms with Gasteiger partial charge in [-0.25, -0.2) is 9.97 Å². The zero-order valence-corrected chi connectivity index (χ0v) is 8.15. The van der Waals surface area contributed by atoms with Crippen molar-refractivity contribution >= 4 is 5.95 Å². The van der Waals surface area contributed by atoms with Crippen LogP contribution in [-0.2, 0) is 0 Å². The molecule has 1 heterocycles. The molecule has 0 unspecified atom stereocenters. The third-order valence-corrected chi connectivity index (χ3v) is 1.44. The minimum atomic E-state index is 0.232. The fourth-order valence-corrected chi connectivity index (χ4v) is 0.802. The standard InChI is InChI=1S/C10H10N4/c1-14(2)10-12-7-9(8-13-10)5-3-4-6-11/h7-8H,4H2,1-2H3.